The molecule has 0 bridgehead atoms. The zero-order valence-corrected chi connectivity index (χ0v) is 14.3. The van der Waals surface area contributed by atoms with Crippen LogP contribution in [0.2, 0.25) is 0 Å². The van der Waals surface area contributed by atoms with Crippen LogP contribution in [-0.4, -0.2) is 37.1 Å². The molecule has 0 radical (unpaired) electrons. The first-order chi connectivity index (χ1) is 8.27. The molecule has 2 rings (SSSR count). The van der Waals surface area contributed by atoms with Gasteiger partial charge in [-0.05, 0) is 25.3 Å². The molecule has 0 spiro atoms. The summed E-state index contributed by atoms with van der Waals surface area (Å²) in [6.07, 6.45) is 0. The maximum atomic E-state index is 5.79. The van der Waals surface area contributed by atoms with Gasteiger partial charge in [-0.15, -0.1) is 12.1 Å². The van der Waals surface area contributed by atoms with Gasteiger partial charge in [0, 0.05) is 5.75 Å². The number of halogens is 1. The van der Waals surface area contributed by atoms with Crippen molar-refractivity contribution < 1.29 is 21.7 Å². The van der Waals surface area contributed by atoms with Crippen LogP contribution in [0, 0.1) is 6.07 Å². The monoisotopic (exact) mass is 329 g/mol. The van der Waals surface area contributed by atoms with Crippen molar-refractivity contribution in [3.8, 4) is 5.75 Å². The normalized spacial score (nSPS) is 8.95. The Morgan fingerprint density at radius 1 is 1.05 bits per heavy atom. The fourth-order valence-corrected chi connectivity index (χ4v) is 1.61. The van der Waals surface area contributed by atoms with Crippen LogP contribution in [0.3, 0.4) is 0 Å². The van der Waals surface area contributed by atoms with Gasteiger partial charge in [0.2, 0.25) is 0 Å². The van der Waals surface area contributed by atoms with Crippen LogP contribution in [0.25, 0.3) is 0 Å². The first-order valence-electron chi connectivity index (χ1n) is 5.62. The molecule has 2 aromatic rings. The Hall–Kier alpha value is -0.714. The van der Waals surface area contributed by atoms with Crippen molar-refractivity contribution in [3.05, 3.63) is 60.2 Å². The van der Waals surface area contributed by atoms with Crippen LogP contribution >= 0.6 is 0 Å². The number of anilines is 1. The fourth-order valence-electron chi connectivity index (χ4n) is 1.61. The van der Waals surface area contributed by atoms with E-state index < -0.39 is 0 Å². The molecule has 0 saturated carbocycles. The Bertz CT molecular complexity index is 477. The third-order valence-corrected chi connectivity index (χ3v) is 2.51. The summed E-state index contributed by atoms with van der Waals surface area (Å²) < 4.78 is 5.79. The molecule has 0 atom stereocenters. The molecule has 96 valence electrons. The molecular weight excluding hydrogens is 314 g/mol. The van der Waals surface area contributed by atoms with E-state index in [-0.39, 0.29) is 40.0 Å². The standard InChI is InChI=1S/C15H16NO.BrH.Mg/c1-16(2)14-10-6-7-11-15(14)17-12-13-8-4-3-5-9-13;;/h3-10H,12H2,1-2H3;1H;/q-1;;+2/p-1. The number of para-hydroxylation sites is 1. The van der Waals surface area contributed by atoms with Gasteiger partial charge in [-0.25, -0.2) is 0 Å². The Labute approximate surface area is 141 Å². The molecule has 2 aromatic carbocycles. The summed E-state index contributed by atoms with van der Waals surface area (Å²) in [5, 5.41) is 0. The number of rotatable bonds is 4. The molecular formula is C15H16BrMgNO. The third-order valence-electron chi connectivity index (χ3n) is 2.51. The molecule has 2 nitrogen and oxygen atoms in total. The second-order valence-corrected chi connectivity index (χ2v) is 4.05. The van der Waals surface area contributed by atoms with Gasteiger partial charge in [0.15, 0.2) is 0 Å². The van der Waals surface area contributed by atoms with Gasteiger partial charge >= 0.3 is 23.1 Å². The molecule has 19 heavy (non-hydrogen) atoms. The third kappa shape index (κ3) is 5.43. The summed E-state index contributed by atoms with van der Waals surface area (Å²) >= 11 is 0. The Morgan fingerprint density at radius 2 is 1.74 bits per heavy atom. The van der Waals surface area contributed by atoms with Crippen molar-refractivity contribution in [1.29, 1.82) is 0 Å². The smallest absolute Gasteiger partial charge is 1.00 e. The first-order valence-corrected chi connectivity index (χ1v) is 5.62. The van der Waals surface area contributed by atoms with Gasteiger partial charge in [0.25, 0.3) is 0 Å². The maximum absolute atomic E-state index is 5.79. The predicted molar refractivity (Wildman–Crippen MR) is 76.1 cm³/mol. The number of nitrogens with zero attached hydrogens (tertiary/aromatic N) is 1. The van der Waals surface area contributed by atoms with Crippen LogP contribution in [0.15, 0.2) is 48.5 Å². The maximum Gasteiger partial charge on any atom is 2.00 e. The van der Waals surface area contributed by atoms with Crippen LogP contribution in [0.1, 0.15) is 5.56 Å². The first kappa shape index (κ1) is 18.3. The molecule has 0 fully saturated rings. The Balaban J connectivity index is 0.00000162. The van der Waals surface area contributed by atoms with Crippen molar-refractivity contribution in [2.75, 3.05) is 19.0 Å². The van der Waals surface area contributed by atoms with Crippen LogP contribution in [0.5, 0.6) is 5.75 Å². The van der Waals surface area contributed by atoms with Crippen molar-refractivity contribution in [2.24, 2.45) is 0 Å². The van der Waals surface area contributed by atoms with Gasteiger partial charge in [-0.3, -0.25) is 0 Å². The molecule has 0 aliphatic heterocycles. The second-order valence-electron chi connectivity index (χ2n) is 4.05. The quantitative estimate of drug-likeness (QED) is 0.567. The molecule has 0 saturated heterocycles. The number of hydrogen-bond donors (Lipinski definition) is 0. The van der Waals surface area contributed by atoms with Crippen LogP contribution in [-0.2, 0) is 6.61 Å². The van der Waals surface area contributed by atoms with Crippen LogP contribution < -0.4 is 26.6 Å². The molecule has 0 unspecified atom stereocenters. The van der Waals surface area contributed by atoms with E-state index in [9.17, 15) is 0 Å². The minimum atomic E-state index is 0. The second kappa shape index (κ2) is 9.23. The summed E-state index contributed by atoms with van der Waals surface area (Å²) in [4.78, 5) is 2.02. The number of benzene rings is 2. The summed E-state index contributed by atoms with van der Waals surface area (Å²) in [6, 6.07) is 19.1. The van der Waals surface area contributed by atoms with E-state index in [4.69, 9.17) is 4.74 Å². The molecule has 0 aromatic heterocycles. The summed E-state index contributed by atoms with van der Waals surface area (Å²) in [5.41, 5.74) is 2.21. The van der Waals surface area contributed by atoms with E-state index in [1.165, 1.54) is 0 Å². The Kier molecular flexibility index (Phi) is 8.88. The average Bonchev–Trinajstić information content (AvgIpc) is 2.38. The van der Waals surface area contributed by atoms with Gasteiger partial charge in [-0.2, -0.15) is 12.1 Å². The van der Waals surface area contributed by atoms with Gasteiger partial charge in [-0.1, -0.05) is 30.3 Å². The minimum absolute atomic E-state index is 0. The molecule has 4 heteroatoms. The largest absolute Gasteiger partial charge is 2.00 e. The zero-order valence-electron chi connectivity index (χ0n) is 11.3. The minimum Gasteiger partial charge on any atom is -1.00 e. The van der Waals surface area contributed by atoms with Crippen LogP contribution in [0.4, 0.5) is 5.69 Å². The predicted octanol–water partition coefficient (Wildman–Crippen LogP) is -0.245. The van der Waals surface area contributed by atoms with E-state index in [1.807, 2.05) is 55.4 Å². The SMILES string of the molecule is CN(C)c1ccc[c-]c1OCc1ccccc1.[Br-].[Mg+2]. The van der Waals surface area contributed by atoms with E-state index in [0.29, 0.717) is 6.61 Å². The molecule has 0 N–H and O–H groups in total. The van der Waals surface area contributed by atoms with Crippen molar-refractivity contribution in [1.82, 2.24) is 0 Å². The van der Waals surface area contributed by atoms with Crippen molar-refractivity contribution in [3.63, 3.8) is 0 Å². The van der Waals surface area contributed by atoms with E-state index >= 15 is 0 Å². The molecule has 0 aliphatic rings. The fraction of sp³-hybridized carbons (Fsp3) is 0.200. The van der Waals surface area contributed by atoms with Gasteiger partial charge in [0.05, 0.1) is 0 Å². The molecule has 0 aliphatic carbocycles. The summed E-state index contributed by atoms with van der Waals surface area (Å²) in [7, 11) is 4.00. The molecule has 0 amide bonds. The number of ether oxygens (including phenoxy) is 1. The van der Waals surface area contributed by atoms with Gasteiger partial charge < -0.3 is 26.6 Å². The summed E-state index contributed by atoms with van der Waals surface area (Å²) in [6.45, 7) is 0.572. The van der Waals surface area contributed by atoms with Gasteiger partial charge in [0.1, 0.15) is 6.61 Å². The summed E-state index contributed by atoms with van der Waals surface area (Å²) in [5.74, 6) is 0.793. The zero-order chi connectivity index (χ0) is 12.1. The average molecular weight is 331 g/mol. The molecule has 0 heterocycles. The number of hydrogen-bond acceptors (Lipinski definition) is 2. The topological polar surface area (TPSA) is 12.5 Å². The van der Waals surface area contributed by atoms with E-state index in [1.54, 1.807) is 0 Å². The Morgan fingerprint density at radius 3 is 2.37 bits per heavy atom. The van der Waals surface area contributed by atoms with Crippen molar-refractivity contribution in [2.45, 2.75) is 6.61 Å². The van der Waals surface area contributed by atoms with E-state index in [0.717, 1.165) is 17.0 Å². The van der Waals surface area contributed by atoms with Crippen molar-refractivity contribution >= 4 is 28.7 Å². The van der Waals surface area contributed by atoms with E-state index in [2.05, 4.69) is 18.2 Å².